The Labute approximate surface area is 253 Å². The summed E-state index contributed by atoms with van der Waals surface area (Å²) in [6, 6.07) is 18.7. The van der Waals surface area contributed by atoms with E-state index in [1.54, 1.807) is 42.6 Å². The number of phenolic OH excluding ortho intramolecular Hbond substituents is 1. The smallest absolute Gasteiger partial charge is 0.408 e. The van der Waals surface area contributed by atoms with Crippen LogP contribution in [0.2, 0.25) is 0 Å². The van der Waals surface area contributed by atoms with Crippen LogP contribution in [-0.4, -0.2) is 70.9 Å². The van der Waals surface area contributed by atoms with Crippen molar-refractivity contribution in [1.29, 1.82) is 0 Å². The minimum absolute atomic E-state index is 0.0221. The molecule has 1 aromatic heterocycles. The van der Waals surface area contributed by atoms with Crippen LogP contribution in [0.25, 0.3) is 10.9 Å². The Hall–Kier alpha value is -5.36. The highest BCUT2D eigenvalue weighted by Gasteiger charge is 2.30. The van der Waals surface area contributed by atoms with Crippen molar-refractivity contribution in [3.8, 4) is 5.75 Å². The van der Waals surface area contributed by atoms with Gasteiger partial charge in [0.25, 0.3) is 0 Å². The van der Waals surface area contributed by atoms with Crippen LogP contribution in [-0.2, 0) is 43.3 Å². The van der Waals surface area contributed by atoms with Crippen LogP contribution in [0.15, 0.2) is 85.1 Å². The molecule has 12 heteroatoms. The van der Waals surface area contributed by atoms with E-state index in [-0.39, 0.29) is 25.2 Å². The molecule has 0 saturated heterocycles. The monoisotopic (exact) mass is 602 g/mol. The van der Waals surface area contributed by atoms with E-state index in [0.717, 1.165) is 22.0 Å². The second-order valence-corrected chi connectivity index (χ2v) is 10.0. The number of hydrogen-bond donors (Lipinski definition) is 6. The number of H-pyrrole nitrogens is 1. The molecular weight excluding hydrogens is 568 g/mol. The molecule has 0 aliphatic carbocycles. The largest absolute Gasteiger partial charge is 0.508 e. The van der Waals surface area contributed by atoms with E-state index in [0.29, 0.717) is 5.56 Å². The molecule has 44 heavy (non-hydrogen) atoms. The maximum Gasteiger partial charge on any atom is 0.408 e. The van der Waals surface area contributed by atoms with Crippen molar-refractivity contribution in [3.05, 3.63) is 102 Å². The lowest BCUT2D eigenvalue weighted by Crippen LogP contribution is -2.57. The summed E-state index contributed by atoms with van der Waals surface area (Å²) >= 11 is 0. The summed E-state index contributed by atoms with van der Waals surface area (Å²) in [5.74, 6) is -2.30. The van der Waals surface area contributed by atoms with Crippen LogP contribution in [0.4, 0.5) is 4.79 Å². The number of ether oxygens (including phenoxy) is 2. The second kappa shape index (κ2) is 15.2. The molecule has 3 atom stereocenters. The predicted molar refractivity (Wildman–Crippen MR) is 160 cm³/mol. The number of amides is 3. The summed E-state index contributed by atoms with van der Waals surface area (Å²) in [5.41, 5.74) is 2.95. The minimum atomic E-state index is -1.46. The van der Waals surface area contributed by atoms with Crippen molar-refractivity contribution in [2.24, 2.45) is 0 Å². The van der Waals surface area contributed by atoms with Gasteiger partial charge in [-0.15, -0.1) is 0 Å². The summed E-state index contributed by atoms with van der Waals surface area (Å²) in [4.78, 5) is 54.9. The topological polar surface area (TPSA) is 179 Å². The van der Waals surface area contributed by atoms with Crippen molar-refractivity contribution in [3.63, 3.8) is 0 Å². The first-order valence-corrected chi connectivity index (χ1v) is 13.9. The number of carbonyl (C=O) groups excluding carboxylic acids is 4. The van der Waals surface area contributed by atoms with Gasteiger partial charge in [-0.05, 0) is 34.9 Å². The Morgan fingerprint density at radius 2 is 1.43 bits per heavy atom. The lowest BCUT2D eigenvalue weighted by Gasteiger charge is -2.24. The molecule has 6 N–H and O–H groups in total. The number of aromatic nitrogens is 1. The van der Waals surface area contributed by atoms with E-state index >= 15 is 0 Å². The van der Waals surface area contributed by atoms with Gasteiger partial charge < -0.3 is 40.6 Å². The number of hydrogen-bond acceptors (Lipinski definition) is 8. The van der Waals surface area contributed by atoms with Crippen LogP contribution in [0.1, 0.15) is 16.7 Å². The van der Waals surface area contributed by atoms with Gasteiger partial charge in [-0.25, -0.2) is 9.59 Å². The van der Waals surface area contributed by atoms with Crippen LogP contribution in [0, 0.1) is 0 Å². The number of carbonyl (C=O) groups is 4. The quantitative estimate of drug-likeness (QED) is 0.126. The summed E-state index contributed by atoms with van der Waals surface area (Å²) < 4.78 is 10.1. The number of benzene rings is 3. The van der Waals surface area contributed by atoms with Crippen molar-refractivity contribution in [1.82, 2.24) is 20.9 Å². The van der Waals surface area contributed by atoms with E-state index in [9.17, 15) is 29.4 Å². The molecule has 0 unspecified atom stereocenters. The van der Waals surface area contributed by atoms with Gasteiger partial charge in [-0.2, -0.15) is 0 Å². The summed E-state index contributed by atoms with van der Waals surface area (Å²) in [7, 11) is 1.17. The van der Waals surface area contributed by atoms with Crippen molar-refractivity contribution >= 4 is 34.8 Å². The fourth-order valence-corrected chi connectivity index (χ4v) is 4.58. The Kier molecular flexibility index (Phi) is 10.9. The number of aromatic hydroxyl groups is 1. The van der Waals surface area contributed by atoms with E-state index in [4.69, 9.17) is 9.47 Å². The van der Waals surface area contributed by atoms with Crippen LogP contribution >= 0.6 is 0 Å². The number of methoxy groups -OCH3 is 1. The zero-order valence-corrected chi connectivity index (χ0v) is 24.0. The zero-order chi connectivity index (χ0) is 31.5. The van der Waals surface area contributed by atoms with E-state index < -0.39 is 48.6 Å². The number of aliphatic hydroxyl groups excluding tert-OH is 1. The number of rotatable bonds is 13. The number of phenols is 1. The second-order valence-electron chi connectivity index (χ2n) is 10.0. The molecule has 3 amide bonds. The number of nitrogens with one attached hydrogen (secondary N) is 4. The van der Waals surface area contributed by atoms with Gasteiger partial charge in [0.1, 0.15) is 30.5 Å². The number of aromatic amines is 1. The number of aliphatic hydroxyl groups is 1. The van der Waals surface area contributed by atoms with Gasteiger partial charge in [0.05, 0.1) is 13.7 Å². The fourth-order valence-electron chi connectivity index (χ4n) is 4.58. The van der Waals surface area contributed by atoms with Crippen molar-refractivity contribution in [2.45, 2.75) is 37.6 Å². The Balaban J connectivity index is 1.47. The molecule has 230 valence electrons. The minimum Gasteiger partial charge on any atom is -0.508 e. The molecule has 4 rings (SSSR count). The molecular formula is C32H34N4O8. The van der Waals surface area contributed by atoms with E-state index in [1.807, 2.05) is 30.3 Å². The predicted octanol–water partition coefficient (Wildman–Crippen LogP) is 2.09. The molecule has 0 saturated carbocycles. The Morgan fingerprint density at radius 3 is 2.14 bits per heavy atom. The lowest BCUT2D eigenvalue weighted by molar-refractivity contribution is -0.145. The first kappa shape index (κ1) is 31.6. The van der Waals surface area contributed by atoms with Crippen molar-refractivity contribution in [2.75, 3.05) is 13.7 Å². The maximum absolute atomic E-state index is 13.5. The molecule has 0 fully saturated rings. The summed E-state index contributed by atoms with van der Waals surface area (Å²) in [6.45, 7) is -0.811. The molecule has 4 aromatic rings. The number of para-hydroxylation sites is 1. The molecule has 3 aromatic carbocycles. The van der Waals surface area contributed by atoms with Gasteiger partial charge in [0.15, 0.2) is 0 Å². The molecule has 0 aliphatic rings. The van der Waals surface area contributed by atoms with Gasteiger partial charge in [-0.1, -0.05) is 60.7 Å². The highest BCUT2D eigenvalue weighted by Crippen LogP contribution is 2.19. The fraction of sp³-hybridized carbons (Fsp3) is 0.250. The van der Waals surface area contributed by atoms with Crippen molar-refractivity contribution < 1.29 is 38.9 Å². The standard InChI is InChI=1S/C32H34N4O8/c1-43-31(41)27(15-20-11-13-23(38)14-12-20)34-30(40)28(18-37)35-29(39)26(16-22-17-33-25-10-6-5-9-24(22)25)36-32(42)44-19-21-7-3-2-4-8-21/h2-14,17,26-28,33,37-38H,15-16,18-19H2,1H3,(H,34,40)(H,35,39)(H,36,42)/t26-,27-,28-/m0/s1. The van der Waals surface area contributed by atoms with Crippen LogP contribution < -0.4 is 16.0 Å². The summed E-state index contributed by atoms with van der Waals surface area (Å²) in [6.07, 6.45) is 0.950. The molecule has 0 spiro atoms. The molecule has 1 heterocycles. The third kappa shape index (κ3) is 8.58. The normalized spacial score (nSPS) is 12.9. The van der Waals surface area contributed by atoms with Gasteiger partial charge in [0.2, 0.25) is 11.8 Å². The Bertz CT molecular complexity index is 1570. The first-order chi connectivity index (χ1) is 21.3. The lowest BCUT2D eigenvalue weighted by atomic mass is 10.0. The number of esters is 1. The third-order valence-corrected chi connectivity index (χ3v) is 6.91. The van der Waals surface area contributed by atoms with Crippen LogP contribution in [0.3, 0.4) is 0 Å². The molecule has 0 radical (unpaired) electrons. The van der Waals surface area contributed by atoms with Gasteiger partial charge in [-0.3, -0.25) is 9.59 Å². The average Bonchev–Trinajstić information content (AvgIpc) is 3.45. The number of fused-ring (bicyclic) bond motifs is 1. The van der Waals surface area contributed by atoms with E-state index in [1.165, 1.54) is 19.2 Å². The maximum atomic E-state index is 13.5. The highest BCUT2D eigenvalue weighted by molar-refractivity contribution is 5.94. The molecule has 0 aliphatic heterocycles. The third-order valence-electron chi connectivity index (χ3n) is 6.91. The molecule has 12 nitrogen and oxygen atoms in total. The zero-order valence-electron chi connectivity index (χ0n) is 24.0. The average molecular weight is 603 g/mol. The van der Waals surface area contributed by atoms with Gasteiger partial charge in [0, 0.05) is 29.9 Å². The number of alkyl carbamates (subject to hydrolysis) is 1. The highest BCUT2D eigenvalue weighted by atomic mass is 16.5. The van der Waals surface area contributed by atoms with Crippen LogP contribution in [0.5, 0.6) is 5.75 Å². The van der Waals surface area contributed by atoms with E-state index in [2.05, 4.69) is 20.9 Å². The Morgan fingerprint density at radius 1 is 0.773 bits per heavy atom. The van der Waals surface area contributed by atoms with Gasteiger partial charge >= 0.3 is 12.1 Å². The molecule has 0 bridgehead atoms. The first-order valence-electron chi connectivity index (χ1n) is 13.9. The SMILES string of the molecule is COC(=O)[C@H](Cc1ccc(O)cc1)NC(=O)[C@H](CO)NC(=O)[C@H](Cc1c[nH]c2ccccc12)NC(=O)OCc1ccccc1. The summed E-state index contributed by atoms with van der Waals surface area (Å²) in [5, 5.41) is 27.9.